The van der Waals surface area contributed by atoms with Crippen LogP contribution in [0.3, 0.4) is 0 Å². The first-order valence-electron chi connectivity index (χ1n) is 8.57. The molecule has 5 heteroatoms. The molecular weight excluding hydrogens is 439 g/mol. The lowest BCUT2D eigenvalue weighted by molar-refractivity contribution is 0.0336. The molecule has 0 aromatic heterocycles. The molecule has 2 amide bonds. The Labute approximate surface area is 169 Å². The van der Waals surface area contributed by atoms with Gasteiger partial charge in [0, 0.05) is 9.13 Å². The zero-order valence-corrected chi connectivity index (χ0v) is 18.0. The first-order valence-corrected chi connectivity index (χ1v) is 9.65. The minimum absolute atomic E-state index is 0.194. The number of benzene rings is 2. The largest absolute Gasteiger partial charge is 0.273 e. The molecule has 26 heavy (non-hydrogen) atoms. The first-order chi connectivity index (χ1) is 12.1. The summed E-state index contributed by atoms with van der Waals surface area (Å²) >= 11 is 2.14. The van der Waals surface area contributed by atoms with Crippen LogP contribution in [-0.2, 0) is 0 Å². The Kier molecular flexibility index (Phi) is 6.44. The maximum atomic E-state index is 13.2. The molecule has 0 aliphatic carbocycles. The van der Waals surface area contributed by atoms with Crippen molar-refractivity contribution in [3.63, 3.8) is 0 Å². The van der Waals surface area contributed by atoms with Gasteiger partial charge in [0.05, 0.1) is 11.6 Å². The van der Waals surface area contributed by atoms with Crippen molar-refractivity contribution in [1.82, 2.24) is 10.4 Å². The van der Waals surface area contributed by atoms with Crippen molar-refractivity contribution < 1.29 is 9.59 Å². The van der Waals surface area contributed by atoms with Crippen LogP contribution in [0.4, 0.5) is 0 Å². The van der Waals surface area contributed by atoms with E-state index in [0.717, 1.165) is 9.13 Å². The van der Waals surface area contributed by atoms with Crippen molar-refractivity contribution in [3.05, 3.63) is 68.8 Å². The number of carbonyl (C=O) groups excluding carboxylic acids is 2. The summed E-state index contributed by atoms with van der Waals surface area (Å²) in [6.07, 6.45) is 0. The van der Waals surface area contributed by atoms with Crippen LogP contribution in [0.5, 0.6) is 0 Å². The number of hydrazine groups is 1. The monoisotopic (exact) mass is 464 g/mol. The molecule has 2 rings (SSSR count). The Balaban J connectivity index is 2.35. The molecule has 138 valence electrons. The lowest BCUT2D eigenvalue weighted by Crippen LogP contribution is -2.55. The van der Waals surface area contributed by atoms with Crippen molar-refractivity contribution in [2.24, 2.45) is 5.41 Å². The number of hydrogen-bond acceptors (Lipinski definition) is 2. The third-order valence-corrected chi connectivity index (χ3v) is 5.44. The van der Waals surface area contributed by atoms with Crippen LogP contribution in [-0.4, -0.2) is 22.9 Å². The van der Waals surface area contributed by atoms with Crippen molar-refractivity contribution in [3.8, 4) is 0 Å². The Bertz CT molecular complexity index is 794. The Morgan fingerprint density at radius 2 is 1.62 bits per heavy atom. The number of rotatable bonds is 3. The number of hydrogen-bond donors (Lipinski definition) is 1. The second-order valence-corrected chi connectivity index (χ2v) is 8.67. The van der Waals surface area contributed by atoms with Crippen molar-refractivity contribution in [2.75, 3.05) is 0 Å². The normalized spacial score (nSPS) is 12.4. The smallest absolute Gasteiger partial charge is 0.267 e. The van der Waals surface area contributed by atoms with E-state index < -0.39 is 0 Å². The summed E-state index contributed by atoms with van der Waals surface area (Å²) < 4.78 is 0.853. The van der Waals surface area contributed by atoms with E-state index in [0.29, 0.717) is 11.1 Å². The lowest BCUT2D eigenvalue weighted by Gasteiger charge is -2.37. The molecule has 1 unspecified atom stereocenters. The molecule has 2 aromatic rings. The Morgan fingerprint density at radius 3 is 2.15 bits per heavy atom. The standard InChI is InChI=1S/C21H25IN2O2/c1-14-10-12-16(13-11-14)19(25)23-24(15(2)21(3,4)5)20(26)17-8-6-7-9-18(17)22/h6-13,15H,1-5H3,(H,23,25). The number of aryl methyl sites for hydroxylation is 1. The van der Waals surface area contributed by atoms with Crippen molar-refractivity contribution in [2.45, 2.75) is 40.7 Å². The highest BCUT2D eigenvalue weighted by molar-refractivity contribution is 14.1. The highest BCUT2D eigenvalue weighted by atomic mass is 127. The predicted octanol–water partition coefficient (Wildman–Crippen LogP) is 4.82. The molecule has 4 nitrogen and oxygen atoms in total. The van der Waals surface area contributed by atoms with Crippen molar-refractivity contribution >= 4 is 34.4 Å². The number of nitrogens with zero attached hydrogens (tertiary/aromatic N) is 1. The van der Waals surface area contributed by atoms with Crippen LogP contribution < -0.4 is 5.43 Å². The number of halogens is 1. The molecule has 1 atom stereocenters. The molecule has 0 heterocycles. The van der Waals surface area contributed by atoms with Gasteiger partial charge in [-0.2, -0.15) is 0 Å². The Morgan fingerprint density at radius 1 is 1.04 bits per heavy atom. The van der Waals surface area contributed by atoms with Gasteiger partial charge < -0.3 is 0 Å². The molecule has 0 spiro atoms. The zero-order valence-electron chi connectivity index (χ0n) is 15.8. The van der Waals surface area contributed by atoms with Gasteiger partial charge in [-0.3, -0.25) is 15.0 Å². The molecule has 2 aromatic carbocycles. The molecule has 0 bridgehead atoms. The van der Waals surface area contributed by atoms with Gasteiger partial charge in [-0.25, -0.2) is 5.01 Å². The first kappa shape index (κ1) is 20.4. The highest BCUT2D eigenvalue weighted by Crippen LogP contribution is 2.25. The van der Waals surface area contributed by atoms with Crippen LogP contribution in [0.25, 0.3) is 0 Å². The van der Waals surface area contributed by atoms with Gasteiger partial charge in [0.2, 0.25) is 0 Å². The van der Waals surface area contributed by atoms with E-state index in [1.807, 2.05) is 65.0 Å². The summed E-state index contributed by atoms with van der Waals surface area (Å²) in [5.41, 5.74) is 4.81. The molecule has 0 aliphatic rings. The SMILES string of the molecule is Cc1ccc(C(=O)NN(C(=O)c2ccccc2I)C(C)C(C)(C)C)cc1. The number of amides is 2. The van der Waals surface area contributed by atoms with Gasteiger partial charge in [0.1, 0.15) is 0 Å². The van der Waals surface area contributed by atoms with Gasteiger partial charge in [0.25, 0.3) is 11.8 Å². The maximum absolute atomic E-state index is 13.2. The van der Waals surface area contributed by atoms with E-state index in [-0.39, 0.29) is 23.3 Å². The quantitative estimate of drug-likeness (QED) is 0.523. The average molecular weight is 464 g/mol. The summed E-state index contributed by atoms with van der Waals surface area (Å²) in [6.45, 7) is 10.1. The summed E-state index contributed by atoms with van der Waals surface area (Å²) in [5, 5.41) is 1.46. The minimum Gasteiger partial charge on any atom is -0.267 e. The van der Waals surface area contributed by atoms with Gasteiger partial charge in [-0.05, 0) is 66.1 Å². The molecule has 0 saturated heterocycles. The third kappa shape index (κ3) is 4.84. The van der Waals surface area contributed by atoms with Crippen LogP contribution >= 0.6 is 22.6 Å². The van der Waals surface area contributed by atoms with Gasteiger partial charge in [-0.15, -0.1) is 0 Å². The summed E-state index contributed by atoms with van der Waals surface area (Å²) in [5.74, 6) is -0.502. The fourth-order valence-electron chi connectivity index (χ4n) is 2.35. The highest BCUT2D eigenvalue weighted by Gasteiger charge is 2.32. The fraction of sp³-hybridized carbons (Fsp3) is 0.333. The number of carbonyl (C=O) groups is 2. The molecular formula is C21H25IN2O2. The molecule has 1 N–H and O–H groups in total. The van der Waals surface area contributed by atoms with E-state index in [1.165, 1.54) is 5.01 Å². The van der Waals surface area contributed by atoms with E-state index in [9.17, 15) is 9.59 Å². The second-order valence-electron chi connectivity index (χ2n) is 7.50. The molecule has 0 aliphatic heterocycles. The maximum Gasteiger partial charge on any atom is 0.273 e. The summed E-state index contributed by atoms with van der Waals surface area (Å²) in [7, 11) is 0. The van der Waals surface area contributed by atoms with Gasteiger partial charge in [-0.1, -0.05) is 50.6 Å². The molecule has 0 radical (unpaired) electrons. The van der Waals surface area contributed by atoms with E-state index in [4.69, 9.17) is 0 Å². The van der Waals surface area contributed by atoms with Crippen molar-refractivity contribution in [1.29, 1.82) is 0 Å². The summed E-state index contributed by atoms with van der Waals surface area (Å²) in [4.78, 5) is 25.9. The van der Waals surface area contributed by atoms with Gasteiger partial charge in [0.15, 0.2) is 0 Å². The van der Waals surface area contributed by atoms with Crippen LogP contribution in [0.15, 0.2) is 48.5 Å². The van der Waals surface area contributed by atoms with Crippen LogP contribution in [0.2, 0.25) is 0 Å². The lowest BCUT2D eigenvalue weighted by atomic mass is 9.87. The number of nitrogens with one attached hydrogen (secondary N) is 1. The van der Waals surface area contributed by atoms with E-state index in [1.54, 1.807) is 18.2 Å². The summed E-state index contributed by atoms with van der Waals surface area (Å²) in [6, 6.07) is 14.5. The van der Waals surface area contributed by atoms with E-state index >= 15 is 0 Å². The topological polar surface area (TPSA) is 49.4 Å². The molecule has 0 saturated carbocycles. The predicted molar refractivity (Wildman–Crippen MR) is 113 cm³/mol. The fourth-order valence-corrected chi connectivity index (χ4v) is 2.97. The third-order valence-electron chi connectivity index (χ3n) is 4.50. The molecule has 0 fully saturated rings. The minimum atomic E-state index is -0.291. The Hall–Kier alpha value is -1.89. The van der Waals surface area contributed by atoms with Gasteiger partial charge >= 0.3 is 0 Å². The second kappa shape index (κ2) is 8.20. The van der Waals surface area contributed by atoms with Crippen LogP contribution in [0, 0.1) is 15.9 Å². The van der Waals surface area contributed by atoms with Crippen LogP contribution in [0.1, 0.15) is 54.0 Å². The average Bonchev–Trinajstić information content (AvgIpc) is 2.58. The van der Waals surface area contributed by atoms with E-state index in [2.05, 4.69) is 28.0 Å². The zero-order chi connectivity index (χ0) is 19.5.